The van der Waals surface area contributed by atoms with E-state index in [4.69, 9.17) is 4.98 Å². The molecule has 1 radical (unpaired) electrons. The Morgan fingerprint density at radius 1 is 1.04 bits per heavy atom. The van der Waals surface area contributed by atoms with E-state index in [1.807, 2.05) is 18.2 Å². The summed E-state index contributed by atoms with van der Waals surface area (Å²) in [4.78, 5) is 4.78. The molecule has 121 valence electrons. The van der Waals surface area contributed by atoms with Gasteiger partial charge in [-0.05, 0) is 61.4 Å². The summed E-state index contributed by atoms with van der Waals surface area (Å²) in [7, 11) is 0. The maximum Gasteiger partial charge on any atom is 0.111 e. The number of aromatic nitrogens is 2. The van der Waals surface area contributed by atoms with Gasteiger partial charge in [0.25, 0.3) is 0 Å². The minimum Gasteiger partial charge on any atom is -0.336 e. The van der Waals surface area contributed by atoms with Crippen LogP contribution in [-0.4, -0.2) is 9.55 Å². The van der Waals surface area contributed by atoms with Crippen molar-refractivity contribution in [3.63, 3.8) is 0 Å². The fourth-order valence-corrected chi connectivity index (χ4v) is 3.46. The van der Waals surface area contributed by atoms with Gasteiger partial charge in [0.2, 0.25) is 0 Å². The average molecular weight is 593 g/mol. The summed E-state index contributed by atoms with van der Waals surface area (Å²) >= 11 is 2.31. The molecule has 0 aliphatic rings. The van der Waals surface area contributed by atoms with Gasteiger partial charge < -0.3 is 4.57 Å². The predicted molar refractivity (Wildman–Crippen MR) is 99.5 cm³/mol. The third-order valence-corrected chi connectivity index (χ3v) is 4.88. The molecule has 3 aromatic rings. The summed E-state index contributed by atoms with van der Waals surface area (Å²) in [6, 6.07) is 15.8. The number of imidazole rings is 1. The largest absolute Gasteiger partial charge is 0.336 e. The molecule has 0 bridgehead atoms. The van der Waals surface area contributed by atoms with E-state index in [1.54, 1.807) is 0 Å². The molecule has 0 atom stereocenters. The third kappa shape index (κ3) is 3.44. The van der Waals surface area contributed by atoms with Crippen molar-refractivity contribution in [1.82, 2.24) is 9.55 Å². The Morgan fingerprint density at radius 2 is 1.70 bits per heavy atom. The second-order valence-electron chi connectivity index (χ2n) is 5.67. The number of benzene rings is 2. The second-order valence-corrected chi connectivity index (χ2v) is 6.69. The SMILES string of the molecule is Cc1cc(C)c(-n2c(-c3[c-]cccc3)nc(I)c2C)c(C)c1.[Ir]. The van der Waals surface area contributed by atoms with E-state index >= 15 is 0 Å². The van der Waals surface area contributed by atoms with Crippen LogP contribution in [0.2, 0.25) is 0 Å². The summed E-state index contributed by atoms with van der Waals surface area (Å²) in [6.07, 6.45) is 0. The molecule has 0 aliphatic heterocycles. The Bertz CT molecular complexity index is 815. The van der Waals surface area contributed by atoms with Crippen LogP contribution in [0.15, 0.2) is 36.4 Å². The first-order valence-electron chi connectivity index (χ1n) is 7.29. The van der Waals surface area contributed by atoms with Crippen molar-refractivity contribution < 1.29 is 20.1 Å². The van der Waals surface area contributed by atoms with E-state index in [-0.39, 0.29) is 20.1 Å². The van der Waals surface area contributed by atoms with E-state index in [2.05, 4.69) is 79.1 Å². The summed E-state index contributed by atoms with van der Waals surface area (Å²) in [5.74, 6) is 0.956. The van der Waals surface area contributed by atoms with Crippen molar-refractivity contribution >= 4 is 22.6 Å². The molecule has 0 saturated carbocycles. The molecule has 1 heterocycles. The molecule has 1 aromatic heterocycles. The van der Waals surface area contributed by atoms with Gasteiger partial charge in [-0.2, -0.15) is 0 Å². The molecular formula is C19H18IIrN2-. The molecule has 2 aromatic carbocycles. The number of hydrogen-bond donors (Lipinski definition) is 0. The van der Waals surface area contributed by atoms with E-state index < -0.39 is 0 Å². The Hall–Kier alpha value is -0.971. The van der Waals surface area contributed by atoms with Crippen molar-refractivity contribution in [3.8, 4) is 17.1 Å². The summed E-state index contributed by atoms with van der Waals surface area (Å²) in [5.41, 5.74) is 7.25. The van der Waals surface area contributed by atoms with E-state index in [0.717, 1.165) is 15.1 Å². The third-order valence-electron chi connectivity index (χ3n) is 3.86. The molecule has 2 nitrogen and oxygen atoms in total. The van der Waals surface area contributed by atoms with Crippen LogP contribution in [0.1, 0.15) is 22.4 Å². The van der Waals surface area contributed by atoms with Gasteiger partial charge in [-0.3, -0.25) is 4.98 Å². The number of nitrogens with zero attached hydrogens (tertiary/aromatic N) is 2. The second kappa shape index (κ2) is 7.29. The molecule has 23 heavy (non-hydrogen) atoms. The van der Waals surface area contributed by atoms with Gasteiger partial charge in [0.05, 0.1) is 5.82 Å². The van der Waals surface area contributed by atoms with Gasteiger partial charge in [-0.15, -0.1) is 35.9 Å². The average Bonchev–Trinajstić information content (AvgIpc) is 2.76. The van der Waals surface area contributed by atoms with Crippen molar-refractivity contribution in [2.45, 2.75) is 27.7 Å². The minimum absolute atomic E-state index is 0. The van der Waals surface area contributed by atoms with Crippen LogP contribution < -0.4 is 0 Å². The van der Waals surface area contributed by atoms with Gasteiger partial charge >= 0.3 is 0 Å². The topological polar surface area (TPSA) is 17.8 Å². The summed E-state index contributed by atoms with van der Waals surface area (Å²) in [5, 5.41) is 0. The molecule has 0 saturated heterocycles. The first kappa shape index (κ1) is 18.4. The Balaban J connectivity index is 0.00000192. The number of hydrogen-bond acceptors (Lipinski definition) is 1. The zero-order valence-electron chi connectivity index (χ0n) is 13.6. The Labute approximate surface area is 164 Å². The van der Waals surface area contributed by atoms with Crippen molar-refractivity contribution in [2.75, 3.05) is 0 Å². The van der Waals surface area contributed by atoms with Gasteiger partial charge in [0.1, 0.15) is 3.70 Å². The van der Waals surface area contributed by atoms with Crippen LogP contribution in [0.25, 0.3) is 17.1 Å². The first-order valence-corrected chi connectivity index (χ1v) is 8.37. The first-order chi connectivity index (χ1) is 10.5. The quantitative estimate of drug-likeness (QED) is 0.296. The zero-order chi connectivity index (χ0) is 15.9. The van der Waals surface area contributed by atoms with Crippen LogP contribution in [-0.2, 0) is 20.1 Å². The molecule has 0 aliphatic carbocycles. The molecule has 0 N–H and O–H groups in total. The maximum atomic E-state index is 4.78. The fraction of sp³-hybridized carbons (Fsp3) is 0.211. The van der Waals surface area contributed by atoms with Crippen LogP contribution >= 0.6 is 22.6 Å². The normalized spacial score (nSPS) is 10.5. The summed E-state index contributed by atoms with van der Waals surface area (Å²) < 4.78 is 3.29. The molecular weight excluding hydrogens is 575 g/mol. The van der Waals surface area contributed by atoms with E-state index in [0.29, 0.717) is 0 Å². The van der Waals surface area contributed by atoms with Gasteiger partial charge in [0, 0.05) is 31.5 Å². The molecule has 0 unspecified atom stereocenters. The van der Waals surface area contributed by atoms with Gasteiger partial charge in [-0.25, -0.2) is 0 Å². The molecule has 0 spiro atoms. The molecule has 0 fully saturated rings. The molecule has 4 heteroatoms. The Kier molecular flexibility index (Phi) is 5.82. The predicted octanol–water partition coefficient (Wildman–Crippen LogP) is 5.18. The summed E-state index contributed by atoms with van der Waals surface area (Å²) in [6.45, 7) is 8.60. The number of aryl methyl sites for hydroxylation is 3. The van der Waals surface area contributed by atoms with Crippen molar-refractivity contribution in [2.24, 2.45) is 0 Å². The smallest absolute Gasteiger partial charge is 0.111 e. The van der Waals surface area contributed by atoms with Crippen LogP contribution in [0.4, 0.5) is 0 Å². The monoisotopic (exact) mass is 594 g/mol. The fourth-order valence-electron chi connectivity index (χ4n) is 2.99. The van der Waals surface area contributed by atoms with E-state index in [9.17, 15) is 0 Å². The van der Waals surface area contributed by atoms with Gasteiger partial charge in [0.15, 0.2) is 0 Å². The van der Waals surface area contributed by atoms with Crippen molar-refractivity contribution in [3.05, 3.63) is 68.5 Å². The van der Waals surface area contributed by atoms with E-state index in [1.165, 1.54) is 28.1 Å². The Morgan fingerprint density at radius 3 is 2.26 bits per heavy atom. The number of rotatable bonds is 2. The maximum absolute atomic E-state index is 4.78. The van der Waals surface area contributed by atoms with Crippen molar-refractivity contribution in [1.29, 1.82) is 0 Å². The standard InChI is InChI=1S/C19H18IN2.Ir/c1-12-10-13(2)17(14(3)11-12)22-15(4)18(20)21-19(22)16-8-6-5-7-9-16;/h5-8,10-11H,1-4H3;/q-1;. The van der Waals surface area contributed by atoms with Crippen LogP contribution in [0.3, 0.4) is 0 Å². The number of halogens is 1. The van der Waals surface area contributed by atoms with Crippen LogP contribution in [0.5, 0.6) is 0 Å². The zero-order valence-corrected chi connectivity index (χ0v) is 18.1. The van der Waals surface area contributed by atoms with Crippen LogP contribution in [0, 0.1) is 37.5 Å². The molecule has 3 rings (SSSR count). The van der Waals surface area contributed by atoms with Gasteiger partial charge in [-0.1, -0.05) is 17.7 Å². The minimum atomic E-state index is 0. The molecule has 0 amide bonds.